The maximum atomic E-state index is 10.7. The number of hydrogen-bond acceptors (Lipinski definition) is 5. The Morgan fingerprint density at radius 1 is 1.32 bits per heavy atom. The molecule has 1 aliphatic heterocycles. The summed E-state index contributed by atoms with van der Waals surface area (Å²) in [6.45, 7) is 4.56. The van der Waals surface area contributed by atoms with E-state index >= 15 is 0 Å². The van der Waals surface area contributed by atoms with Crippen LogP contribution in [0.15, 0.2) is 24.3 Å². The van der Waals surface area contributed by atoms with Crippen molar-refractivity contribution in [3.05, 3.63) is 39.9 Å². The molecule has 1 heterocycles. The number of nitrogens with one attached hydrogen (secondary N) is 1. The van der Waals surface area contributed by atoms with Gasteiger partial charge in [0.2, 0.25) is 0 Å². The smallest absolute Gasteiger partial charge is 0.269 e. The van der Waals surface area contributed by atoms with Gasteiger partial charge in [0.1, 0.15) is 0 Å². The molecule has 22 heavy (non-hydrogen) atoms. The van der Waals surface area contributed by atoms with Gasteiger partial charge in [0.05, 0.1) is 4.92 Å². The van der Waals surface area contributed by atoms with Crippen LogP contribution in [-0.2, 0) is 4.74 Å². The number of nitro benzene ring substituents is 1. The minimum absolute atomic E-state index is 0.118. The van der Waals surface area contributed by atoms with E-state index in [1.54, 1.807) is 12.1 Å². The second kappa shape index (κ2) is 7.17. The molecule has 6 heteroatoms. The van der Waals surface area contributed by atoms with Crippen LogP contribution < -0.4 is 5.32 Å². The number of rotatable bonds is 6. The van der Waals surface area contributed by atoms with E-state index in [0.717, 1.165) is 38.2 Å². The fraction of sp³-hybridized carbons (Fsp3) is 0.625. The lowest BCUT2D eigenvalue weighted by Crippen LogP contribution is -2.55. The molecule has 1 atom stereocenters. The zero-order valence-electron chi connectivity index (χ0n) is 13.5. The summed E-state index contributed by atoms with van der Waals surface area (Å²) in [6, 6.07) is 6.91. The number of benzene rings is 1. The molecular formula is C16H25N3O3. The average molecular weight is 307 g/mol. The molecule has 2 rings (SSSR count). The summed E-state index contributed by atoms with van der Waals surface area (Å²) in [5.74, 6) is 0. The summed E-state index contributed by atoms with van der Waals surface area (Å²) in [5.41, 5.74) is 1.31. The van der Waals surface area contributed by atoms with Gasteiger partial charge in [0.25, 0.3) is 5.69 Å². The Bertz CT molecular complexity index is 496. The van der Waals surface area contributed by atoms with E-state index in [0.29, 0.717) is 0 Å². The van der Waals surface area contributed by atoms with Gasteiger partial charge >= 0.3 is 0 Å². The van der Waals surface area contributed by atoms with Crippen molar-refractivity contribution in [2.45, 2.75) is 31.3 Å². The lowest BCUT2D eigenvalue weighted by molar-refractivity contribution is -0.384. The topological polar surface area (TPSA) is 67.6 Å². The third kappa shape index (κ3) is 3.82. The molecule has 0 aromatic heterocycles. The highest BCUT2D eigenvalue weighted by Crippen LogP contribution is 2.26. The minimum Gasteiger partial charge on any atom is -0.381 e. The molecule has 1 aromatic carbocycles. The maximum absolute atomic E-state index is 10.7. The Hall–Kier alpha value is -1.50. The monoisotopic (exact) mass is 307 g/mol. The minimum atomic E-state index is -0.370. The van der Waals surface area contributed by atoms with Crippen molar-refractivity contribution in [1.82, 2.24) is 10.2 Å². The van der Waals surface area contributed by atoms with Gasteiger partial charge in [-0.15, -0.1) is 0 Å². The van der Waals surface area contributed by atoms with Crippen molar-refractivity contribution >= 4 is 5.69 Å². The quantitative estimate of drug-likeness (QED) is 0.645. The highest BCUT2D eigenvalue weighted by molar-refractivity contribution is 5.34. The second-order valence-corrected chi connectivity index (χ2v) is 6.18. The van der Waals surface area contributed by atoms with E-state index in [-0.39, 0.29) is 22.2 Å². The molecule has 0 spiro atoms. The number of ether oxygens (including phenoxy) is 1. The van der Waals surface area contributed by atoms with E-state index in [1.807, 2.05) is 12.1 Å². The predicted molar refractivity (Wildman–Crippen MR) is 86.0 cm³/mol. The van der Waals surface area contributed by atoms with Crippen LogP contribution in [0.25, 0.3) is 0 Å². The number of nitrogens with zero attached hydrogens (tertiary/aromatic N) is 2. The van der Waals surface area contributed by atoms with E-state index in [2.05, 4.69) is 31.2 Å². The standard InChI is InChI=1S/C16H25N3O3/c1-13(14-4-6-15(7-5-14)19(20)21)17-12-16(18(2)3)8-10-22-11-9-16/h4-7,13,17H,8-12H2,1-3H3/t13-/m0/s1. The van der Waals surface area contributed by atoms with Crippen LogP contribution in [0.2, 0.25) is 0 Å². The molecule has 1 saturated heterocycles. The molecule has 6 nitrogen and oxygen atoms in total. The third-order valence-corrected chi connectivity index (χ3v) is 4.71. The van der Waals surface area contributed by atoms with Crippen molar-refractivity contribution in [2.24, 2.45) is 0 Å². The van der Waals surface area contributed by atoms with Crippen LogP contribution in [0.5, 0.6) is 0 Å². The molecule has 1 N–H and O–H groups in total. The van der Waals surface area contributed by atoms with Crippen molar-refractivity contribution in [3.8, 4) is 0 Å². The van der Waals surface area contributed by atoms with Crippen LogP contribution >= 0.6 is 0 Å². The second-order valence-electron chi connectivity index (χ2n) is 6.18. The predicted octanol–water partition coefficient (Wildman–Crippen LogP) is 2.36. The summed E-state index contributed by atoms with van der Waals surface area (Å²) in [7, 11) is 4.23. The first-order valence-corrected chi connectivity index (χ1v) is 7.67. The highest BCUT2D eigenvalue weighted by atomic mass is 16.6. The lowest BCUT2D eigenvalue weighted by Gasteiger charge is -2.43. The molecule has 1 aromatic rings. The first kappa shape index (κ1) is 16.9. The van der Waals surface area contributed by atoms with E-state index in [1.165, 1.54) is 0 Å². The van der Waals surface area contributed by atoms with Crippen LogP contribution in [0.4, 0.5) is 5.69 Å². The first-order chi connectivity index (χ1) is 10.4. The number of hydrogen-bond donors (Lipinski definition) is 1. The Balaban J connectivity index is 1.98. The zero-order valence-corrected chi connectivity index (χ0v) is 13.5. The Morgan fingerprint density at radius 3 is 2.41 bits per heavy atom. The molecule has 0 bridgehead atoms. The zero-order chi connectivity index (χ0) is 16.2. The van der Waals surface area contributed by atoms with Gasteiger partial charge in [0, 0.05) is 43.5 Å². The number of likely N-dealkylation sites (N-methyl/N-ethyl adjacent to an activating group) is 1. The largest absolute Gasteiger partial charge is 0.381 e. The Labute approximate surface area is 131 Å². The number of non-ortho nitro benzene ring substituents is 1. The average Bonchev–Trinajstić information content (AvgIpc) is 2.53. The van der Waals surface area contributed by atoms with Crippen LogP contribution in [0, 0.1) is 10.1 Å². The van der Waals surface area contributed by atoms with Crippen molar-refractivity contribution in [1.29, 1.82) is 0 Å². The van der Waals surface area contributed by atoms with Crippen molar-refractivity contribution in [2.75, 3.05) is 33.9 Å². The summed E-state index contributed by atoms with van der Waals surface area (Å²) in [5, 5.41) is 14.3. The maximum Gasteiger partial charge on any atom is 0.269 e. The fourth-order valence-electron chi connectivity index (χ4n) is 2.88. The summed E-state index contributed by atoms with van der Waals surface area (Å²) in [6.07, 6.45) is 2.03. The van der Waals surface area contributed by atoms with Gasteiger partial charge in [-0.3, -0.25) is 10.1 Å². The Morgan fingerprint density at radius 2 is 1.91 bits per heavy atom. The normalized spacial score (nSPS) is 19.1. The van der Waals surface area contributed by atoms with Crippen molar-refractivity contribution in [3.63, 3.8) is 0 Å². The molecule has 1 fully saturated rings. The number of nitro groups is 1. The van der Waals surface area contributed by atoms with E-state index < -0.39 is 0 Å². The van der Waals surface area contributed by atoms with Gasteiger partial charge in [-0.2, -0.15) is 0 Å². The van der Waals surface area contributed by atoms with E-state index in [9.17, 15) is 10.1 Å². The van der Waals surface area contributed by atoms with Gasteiger partial charge in [-0.25, -0.2) is 0 Å². The van der Waals surface area contributed by atoms with Crippen LogP contribution in [-0.4, -0.2) is 49.2 Å². The molecule has 122 valence electrons. The van der Waals surface area contributed by atoms with Gasteiger partial charge in [0.15, 0.2) is 0 Å². The molecule has 0 radical (unpaired) electrons. The first-order valence-electron chi connectivity index (χ1n) is 7.67. The SMILES string of the molecule is C[C@H](NCC1(N(C)C)CCOCC1)c1ccc([N+](=O)[O-])cc1. The Kier molecular flexibility index (Phi) is 5.50. The molecule has 1 aliphatic rings. The summed E-state index contributed by atoms with van der Waals surface area (Å²) in [4.78, 5) is 12.6. The van der Waals surface area contributed by atoms with Crippen molar-refractivity contribution < 1.29 is 9.66 Å². The molecular weight excluding hydrogens is 282 g/mol. The summed E-state index contributed by atoms with van der Waals surface area (Å²) >= 11 is 0. The summed E-state index contributed by atoms with van der Waals surface area (Å²) < 4.78 is 5.48. The van der Waals surface area contributed by atoms with E-state index in [4.69, 9.17) is 4.74 Å². The molecule has 0 amide bonds. The molecule has 0 unspecified atom stereocenters. The molecule has 0 aliphatic carbocycles. The lowest BCUT2D eigenvalue weighted by atomic mass is 9.88. The fourth-order valence-corrected chi connectivity index (χ4v) is 2.88. The van der Waals surface area contributed by atoms with Crippen LogP contribution in [0.3, 0.4) is 0 Å². The van der Waals surface area contributed by atoms with Gasteiger partial charge < -0.3 is 15.0 Å². The van der Waals surface area contributed by atoms with Gasteiger partial charge in [-0.1, -0.05) is 12.1 Å². The third-order valence-electron chi connectivity index (χ3n) is 4.71. The van der Waals surface area contributed by atoms with Gasteiger partial charge in [-0.05, 0) is 39.4 Å². The highest BCUT2D eigenvalue weighted by Gasteiger charge is 2.34. The molecule has 0 saturated carbocycles. The van der Waals surface area contributed by atoms with Crippen LogP contribution in [0.1, 0.15) is 31.4 Å².